The zero-order chi connectivity index (χ0) is 18.2. The van der Waals surface area contributed by atoms with Gasteiger partial charge in [-0.25, -0.2) is 0 Å². The van der Waals surface area contributed by atoms with Crippen molar-refractivity contribution in [2.75, 3.05) is 7.11 Å². The molecule has 0 radical (unpaired) electrons. The van der Waals surface area contributed by atoms with Gasteiger partial charge in [0.15, 0.2) is 5.06 Å². The number of aryl methyl sites for hydroxylation is 1. The van der Waals surface area contributed by atoms with Crippen molar-refractivity contribution in [3.8, 4) is 10.8 Å². The summed E-state index contributed by atoms with van der Waals surface area (Å²) in [7, 11) is -2.74. The second-order valence-corrected chi connectivity index (χ2v) is 7.84. The number of hydrogen-bond acceptors (Lipinski definition) is 7. The van der Waals surface area contributed by atoms with Crippen LogP contribution in [0.25, 0.3) is 10.8 Å². The molecule has 0 aliphatic rings. The molecule has 1 aromatic heterocycles. The van der Waals surface area contributed by atoms with Crippen LogP contribution in [0.15, 0.2) is 51.5 Å². The van der Waals surface area contributed by atoms with Crippen LogP contribution in [0.3, 0.4) is 0 Å². The van der Waals surface area contributed by atoms with Crippen LogP contribution in [0.2, 0.25) is 0 Å². The number of phenolic OH excluding ortho intramolecular Hbond substituents is 1. The first-order valence-corrected chi connectivity index (χ1v) is 9.34. The maximum absolute atomic E-state index is 11.3. The Balaban J connectivity index is 0. The van der Waals surface area contributed by atoms with Crippen molar-refractivity contribution < 1.29 is 84.8 Å². The Labute approximate surface area is 207 Å². The van der Waals surface area contributed by atoms with Crippen LogP contribution in [0, 0.1) is 6.92 Å². The Morgan fingerprint density at radius 3 is 2.41 bits per heavy atom. The second-order valence-electron chi connectivity index (χ2n) is 5.20. The van der Waals surface area contributed by atoms with Gasteiger partial charge in [0.25, 0.3) is 10.1 Å². The Bertz CT molecular complexity index is 1110. The van der Waals surface area contributed by atoms with E-state index in [4.69, 9.17) is 9.29 Å². The number of hydrogen-bond donors (Lipinski definition) is 2. The van der Waals surface area contributed by atoms with E-state index in [1.807, 2.05) is 6.92 Å². The first kappa shape index (κ1) is 24.5. The maximum atomic E-state index is 11.3. The smallest absolute Gasteiger partial charge is 1.00 e. The van der Waals surface area contributed by atoms with Gasteiger partial charge in [-0.15, -0.1) is 21.6 Å². The molecule has 0 saturated carbocycles. The predicted octanol–water partition coefficient (Wildman–Crippen LogP) is -1.18. The molecule has 0 saturated heterocycles. The fourth-order valence-electron chi connectivity index (χ4n) is 2.30. The summed E-state index contributed by atoms with van der Waals surface area (Å²) in [5.41, 5.74) is 0.830. The molecular formula is C16H16N2Na2O5S2. The molecule has 134 valence electrons. The molecule has 0 aliphatic heterocycles. The van der Waals surface area contributed by atoms with Gasteiger partial charge in [-0.05, 0) is 30.5 Å². The van der Waals surface area contributed by atoms with E-state index in [0.717, 1.165) is 4.88 Å². The molecule has 0 spiro atoms. The van der Waals surface area contributed by atoms with Crippen molar-refractivity contribution in [1.29, 1.82) is 0 Å². The monoisotopic (exact) mass is 426 g/mol. The molecule has 0 unspecified atom stereocenters. The van der Waals surface area contributed by atoms with Gasteiger partial charge in [0.05, 0.1) is 12.0 Å². The molecule has 0 fully saturated rings. The summed E-state index contributed by atoms with van der Waals surface area (Å²) in [4.78, 5) is 0.681. The second kappa shape index (κ2) is 9.82. The summed E-state index contributed by atoms with van der Waals surface area (Å²) in [6, 6.07) is 8.69. The van der Waals surface area contributed by atoms with E-state index in [0.29, 0.717) is 21.5 Å². The number of methoxy groups -OCH3 is 1. The largest absolute Gasteiger partial charge is 1.00 e. The number of ether oxygens (including phenoxy) is 1. The van der Waals surface area contributed by atoms with E-state index in [9.17, 15) is 13.5 Å². The van der Waals surface area contributed by atoms with Gasteiger partial charge in [-0.2, -0.15) is 8.42 Å². The van der Waals surface area contributed by atoms with Gasteiger partial charge >= 0.3 is 59.1 Å². The normalized spacial score (nSPS) is 11.2. The first-order valence-electron chi connectivity index (χ1n) is 7.09. The minimum Gasteiger partial charge on any atom is -1.00 e. The van der Waals surface area contributed by atoms with Crippen molar-refractivity contribution in [3.05, 3.63) is 41.3 Å². The Kier molecular flexibility index (Phi) is 8.93. The molecule has 2 aromatic carbocycles. The van der Waals surface area contributed by atoms with Crippen LogP contribution < -0.4 is 63.9 Å². The summed E-state index contributed by atoms with van der Waals surface area (Å²) in [5.74, 6) is -0.0873. The van der Waals surface area contributed by atoms with Gasteiger partial charge in [-0.1, -0.05) is 12.1 Å². The van der Waals surface area contributed by atoms with Crippen LogP contribution >= 0.6 is 11.3 Å². The zero-order valence-electron chi connectivity index (χ0n) is 17.3. The number of aromatic hydroxyl groups is 1. The molecule has 2 N–H and O–H groups in total. The van der Waals surface area contributed by atoms with Crippen LogP contribution in [0.5, 0.6) is 10.8 Å². The standard InChI is InChI=1S/C16H14N2O5S2.2Na.2H/c1-9-13(8-15(23-2)24-9)17-18-16-12-5-4-11(25(20,21)22)7-10(12)3-6-14(16)19;;;;/h3-8,19H,1-2H3,(H,20,21,22);;;;/q;2*+1;2*-1. The number of thiophene rings is 1. The molecule has 0 atom stereocenters. The van der Waals surface area contributed by atoms with Crippen LogP contribution in [-0.4, -0.2) is 25.2 Å². The van der Waals surface area contributed by atoms with E-state index in [2.05, 4.69) is 10.2 Å². The number of benzene rings is 2. The number of rotatable bonds is 4. The van der Waals surface area contributed by atoms with Crippen molar-refractivity contribution >= 4 is 43.6 Å². The average molecular weight is 426 g/mol. The predicted molar refractivity (Wildman–Crippen MR) is 97.4 cm³/mol. The van der Waals surface area contributed by atoms with Crippen LogP contribution in [0.1, 0.15) is 7.73 Å². The molecule has 3 aromatic rings. The Morgan fingerprint density at radius 2 is 1.81 bits per heavy atom. The Hall–Kier alpha value is -0.490. The maximum Gasteiger partial charge on any atom is 1.00 e. The van der Waals surface area contributed by atoms with E-state index in [1.54, 1.807) is 13.2 Å². The van der Waals surface area contributed by atoms with Crippen molar-refractivity contribution in [2.24, 2.45) is 10.2 Å². The van der Waals surface area contributed by atoms with Crippen molar-refractivity contribution in [1.82, 2.24) is 0 Å². The zero-order valence-corrected chi connectivity index (χ0v) is 20.9. The number of azo groups is 1. The fraction of sp³-hybridized carbons (Fsp3) is 0.125. The van der Waals surface area contributed by atoms with Crippen LogP contribution in [-0.2, 0) is 10.1 Å². The van der Waals surface area contributed by atoms with Gasteiger partial charge in [0.2, 0.25) is 0 Å². The van der Waals surface area contributed by atoms with E-state index >= 15 is 0 Å². The third kappa shape index (κ3) is 5.53. The molecule has 3 rings (SSSR count). The molecule has 0 aliphatic carbocycles. The fourth-order valence-corrected chi connectivity index (χ4v) is 3.57. The summed E-state index contributed by atoms with van der Waals surface area (Å²) in [6.07, 6.45) is 0. The van der Waals surface area contributed by atoms with Gasteiger partial charge in [0.1, 0.15) is 17.1 Å². The van der Waals surface area contributed by atoms with Gasteiger partial charge in [-0.3, -0.25) is 4.55 Å². The number of nitrogens with zero attached hydrogens (tertiary/aromatic N) is 2. The average Bonchev–Trinajstić information content (AvgIpc) is 2.93. The van der Waals surface area contributed by atoms with Crippen molar-refractivity contribution in [2.45, 2.75) is 11.8 Å². The first-order chi connectivity index (χ1) is 11.8. The van der Waals surface area contributed by atoms with E-state index in [1.165, 1.54) is 41.7 Å². The third-order valence-electron chi connectivity index (χ3n) is 3.57. The SMILES string of the molecule is COc1cc(N=Nc2c(O)ccc3cc(S(=O)(=O)O)ccc23)c(C)s1.[H-].[H-].[Na+].[Na+]. The molecular weight excluding hydrogens is 410 g/mol. The third-order valence-corrected chi connectivity index (χ3v) is 5.42. The molecule has 0 amide bonds. The molecule has 27 heavy (non-hydrogen) atoms. The van der Waals surface area contributed by atoms with Crippen molar-refractivity contribution in [3.63, 3.8) is 0 Å². The molecule has 11 heteroatoms. The van der Waals surface area contributed by atoms with Gasteiger partial charge in [0, 0.05) is 16.3 Å². The molecule has 1 heterocycles. The minimum atomic E-state index is -4.31. The molecule has 0 bridgehead atoms. The van der Waals surface area contributed by atoms with E-state index in [-0.39, 0.29) is 78.3 Å². The van der Waals surface area contributed by atoms with E-state index < -0.39 is 10.1 Å². The quantitative estimate of drug-likeness (QED) is 0.310. The molecule has 7 nitrogen and oxygen atoms in total. The topological polar surface area (TPSA) is 109 Å². The Morgan fingerprint density at radius 1 is 1.11 bits per heavy atom. The number of fused-ring (bicyclic) bond motifs is 1. The summed E-state index contributed by atoms with van der Waals surface area (Å²) in [6.45, 7) is 1.88. The van der Waals surface area contributed by atoms with Gasteiger partial charge < -0.3 is 12.7 Å². The number of phenols is 1. The summed E-state index contributed by atoms with van der Waals surface area (Å²) in [5, 5.41) is 20.1. The minimum absolute atomic E-state index is 0. The van der Waals surface area contributed by atoms with Crippen LogP contribution in [0.4, 0.5) is 11.4 Å². The summed E-state index contributed by atoms with van der Waals surface area (Å²) < 4.78 is 36.8. The summed E-state index contributed by atoms with van der Waals surface area (Å²) >= 11 is 1.43.